The Kier molecular flexibility index (Phi) is 2.27. The molecule has 0 N–H and O–H groups in total. The summed E-state index contributed by atoms with van der Waals surface area (Å²) in [4.78, 5) is 28.0. The number of rotatable bonds is 3. The van der Waals surface area contributed by atoms with Crippen molar-refractivity contribution in [2.45, 2.75) is 12.3 Å². The summed E-state index contributed by atoms with van der Waals surface area (Å²) in [6, 6.07) is 1.38. The maximum Gasteiger partial charge on any atom is 0.385 e. The van der Waals surface area contributed by atoms with Gasteiger partial charge in [0.05, 0.1) is 10.5 Å². The molecular formula is C7H5N3O6. The molecule has 0 unspecified atom stereocenters. The summed E-state index contributed by atoms with van der Waals surface area (Å²) >= 11 is 0. The van der Waals surface area contributed by atoms with Gasteiger partial charge in [-0.15, -0.1) is 10.1 Å². The van der Waals surface area contributed by atoms with Gasteiger partial charge in [-0.25, -0.2) is 0 Å². The zero-order valence-corrected chi connectivity index (χ0v) is 7.68. The highest BCUT2D eigenvalue weighted by molar-refractivity contribution is 5.36. The maximum absolute atomic E-state index is 10.6. The van der Waals surface area contributed by atoms with Gasteiger partial charge in [0, 0.05) is 12.4 Å². The molecule has 1 aliphatic rings. The molecular weight excluding hydrogens is 222 g/mol. The van der Waals surface area contributed by atoms with Crippen LogP contribution in [0.1, 0.15) is 11.7 Å². The summed E-state index contributed by atoms with van der Waals surface area (Å²) < 4.78 is 4.91. The third-order valence-corrected chi connectivity index (χ3v) is 2.03. The first kappa shape index (κ1) is 10.1. The molecule has 0 amide bonds. The van der Waals surface area contributed by atoms with Gasteiger partial charge in [0.15, 0.2) is 0 Å². The zero-order valence-electron chi connectivity index (χ0n) is 7.68. The Bertz CT molecular complexity index is 450. The van der Waals surface area contributed by atoms with Crippen LogP contribution in [0.2, 0.25) is 0 Å². The van der Waals surface area contributed by atoms with Crippen LogP contribution in [0.5, 0.6) is 5.75 Å². The molecule has 1 aromatic heterocycles. The first-order valence-corrected chi connectivity index (χ1v) is 4.15. The molecule has 2 rings (SSSR count). The van der Waals surface area contributed by atoms with Crippen molar-refractivity contribution >= 4 is 0 Å². The lowest BCUT2D eigenvalue weighted by atomic mass is 10.2. The maximum atomic E-state index is 10.6. The summed E-state index contributed by atoms with van der Waals surface area (Å²) in [6.07, 6.45) is -0.393. The molecule has 0 aromatic carbocycles. The van der Waals surface area contributed by atoms with Gasteiger partial charge in [0.25, 0.3) is 5.09 Å². The smallest absolute Gasteiger partial charge is 0.385 e. The average Bonchev–Trinajstić information content (AvgIpc) is 2.57. The van der Waals surface area contributed by atoms with Crippen LogP contribution in [0.25, 0.3) is 0 Å². The number of ether oxygens (including phenoxy) is 1. The fraction of sp³-hybridized carbons (Fsp3) is 0.286. The lowest BCUT2D eigenvalue weighted by Gasteiger charge is -2.08. The minimum Gasteiger partial charge on any atom is -0.428 e. The molecule has 0 spiro atoms. The first-order chi connectivity index (χ1) is 7.59. The van der Waals surface area contributed by atoms with Gasteiger partial charge in [0.1, 0.15) is 5.75 Å². The number of fused-ring (bicyclic) bond motifs is 1. The number of hydrogen-bond donors (Lipinski definition) is 0. The van der Waals surface area contributed by atoms with Crippen LogP contribution in [-0.4, -0.2) is 21.2 Å². The SMILES string of the molecule is O=[N+]([O-])O[C@H]1c2cnccc2O[C@H]1[N+](=O)[O-]. The minimum absolute atomic E-state index is 0.170. The lowest BCUT2D eigenvalue weighted by molar-refractivity contribution is -0.783. The highest BCUT2D eigenvalue weighted by Crippen LogP contribution is 2.38. The molecule has 9 heteroatoms. The topological polar surface area (TPSA) is 118 Å². The van der Waals surface area contributed by atoms with Gasteiger partial charge in [-0.1, -0.05) is 0 Å². The average molecular weight is 227 g/mol. The second kappa shape index (κ2) is 3.61. The molecule has 1 aromatic rings. The Labute approximate surface area is 87.9 Å². The second-order valence-electron chi connectivity index (χ2n) is 2.96. The van der Waals surface area contributed by atoms with Crippen molar-refractivity contribution in [1.82, 2.24) is 4.98 Å². The van der Waals surface area contributed by atoms with Crippen molar-refractivity contribution in [3.63, 3.8) is 0 Å². The molecule has 9 nitrogen and oxygen atoms in total. The van der Waals surface area contributed by atoms with Gasteiger partial charge in [-0.2, -0.15) is 0 Å². The largest absolute Gasteiger partial charge is 0.428 e. The van der Waals surface area contributed by atoms with Crippen molar-refractivity contribution in [2.75, 3.05) is 0 Å². The summed E-state index contributed by atoms with van der Waals surface area (Å²) in [7, 11) is 0. The minimum atomic E-state index is -1.62. The molecule has 0 bridgehead atoms. The normalized spacial score (nSPS) is 22.0. The molecule has 0 saturated heterocycles. The van der Waals surface area contributed by atoms with E-state index in [1.807, 2.05) is 0 Å². The molecule has 16 heavy (non-hydrogen) atoms. The molecule has 1 aliphatic heterocycles. The van der Waals surface area contributed by atoms with Crippen molar-refractivity contribution in [2.24, 2.45) is 0 Å². The fourth-order valence-corrected chi connectivity index (χ4v) is 1.42. The van der Waals surface area contributed by atoms with Crippen LogP contribution in [0.15, 0.2) is 18.5 Å². The van der Waals surface area contributed by atoms with E-state index < -0.39 is 22.3 Å². The van der Waals surface area contributed by atoms with E-state index in [2.05, 4.69) is 9.82 Å². The van der Waals surface area contributed by atoms with Crippen LogP contribution < -0.4 is 4.74 Å². The fourth-order valence-electron chi connectivity index (χ4n) is 1.42. The Morgan fingerprint density at radius 1 is 1.44 bits per heavy atom. The number of aromatic nitrogens is 1. The van der Waals surface area contributed by atoms with Crippen molar-refractivity contribution in [1.29, 1.82) is 0 Å². The number of pyridine rings is 1. The molecule has 0 aliphatic carbocycles. The lowest BCUT2D eigenvalue weighted by Crippen LogP contribution is -2.30. The van der Waals surface area contributed by atoms with Crippen molar-refractivity contribution < 1.29 is 19.6 Å². The molecule has 0 fully saturated rings. The van der Waals surface area contributed by atoms with E-state index in [1.165, 1.54) is 18.5 Å². The predicted octanol–water partition coefficient (Wildman–Crippen LogP) is 0.326. The summed E-state index contributed by atoms with van der Waals surface area (Å²) in [5.41, 5.74) is 0.195. The second-order valence-corrected chi connectivity index (χ2v) is 2.96. The Morgan fingerprint density at radius 2 is 2.19 bits per heavy atom. The quantitative estimate of drug-likeness (QED) is 0.539. The van der Waals surface area contributed by atoms with E-state index >= 15 is 0 Å². The van der Waals surface area contributed by atoms with Crippen LogP contribution in [0.3, 0.4) is 0 Å². The first-order valence-electron chi connectivity index (χ1n) is 4.15. The Balaban J connectivity index is 2.35. The number of hydrogen-bond acceptors (Lipinski definition) is 7. The van der Waals surface area contributed by atoms with Gasteiger partial charge in [0.2, 0.25) is 6.10 Å². The zero-order chi connectivity index (χ0) is 11.7. The van der Waals surface area contributed by atoms with Crippen LogP contribution in [0, 0.1) is 20.2 Å². The van der Waals surface area contributed by atoms with E-state index in [9.17, 15) is 20.2 Å². The standard InChI is InChI=1S/C7H5N3O6/c11-9(12)7-6(16-10(13)14)4-3-8-2-1-5(4)15-7/h1-3,6-7H/t6-,7+/m0/s1. The van der Waals surface area contributed by atoms with Crippen LogP contribution in [-0.2, 0) is 4.84 Å². The van der Waals surface area contributed by atoms with E-state index in [4.69, 9.17) is 4.74 Å². The van der Waals surface area contributed by atoms with E-state index in [0.29, 0.717) is 0 Å². The van der Waals surface area contributed by atoms with Gasteiger partial charge >= 0.3 is 6.23 Å². The molecule has 0 radical (unpaired) electrons. The number of nitrogens with zero attached hydrogens (tertiary/aromatic N) is 3. The van der Waals surface area contributed by atoms with Gasteiger partial charge < -0.3 is 4.74 Å². The molecule has 2 atom stereocenters. The van der Waals surface area contributed by atoms with Gasteiger partial charge in [-0.3, -0.25) is 19.9 Å². The molecule has 0 saturated carbocycles. The van der Waals surface area contributed by atoms with E-state index in [0.717, 1.165) is 0 Å². The predicted molar refractivity (Wildman–Crippen MR) is 46.5 cm³/mol. The summed E-state index contributed by atoms with van der Waals surface area (Å²) in [5.74, 6) is 0.170. The Morgan fingerprint density at radius 3 is 2.81 bits per heavy atom. The van der Waals surface area contributed by atoms with E-state index in [-0.39, 0.29) is 11.3 Å². The van der Waals surface area contributed by atoms with Crippen LogP contribution in [0.4, 0.5) is 0 Å². The van der Waals surface area contributed by atoms with Gasteiger partial charge in [-0.05, 0) is 6.07 Å². The summed E-state index contributed by atoms with van der Waals surface area (Å²) in [5, 5.41) is 19.7. The Hall–Kier alpha value is -2.45. The van der Waals surface area contributed by atoms with Crippen LogP contribution >= 0.6 is 0 Å². The summed E-state index contributed by atoms with van der Waals surface area (Å²) in [6.45, 7) is 0. The van der Waals surface area contributed by atoms with E-state index in [1.54, 1.807) is 0 Å². The molecule has 84 valence electrons. The highest BCUT2D eigenvalue weighted by atomic mass is 17.0. The highest BCUT2D eigenvalue weighted by Gasteiger charge is 2.46. The number of nitro groups is 1. The molecule has 2 heterocycles. The monoisotopic (exact) mass is 227 g/mol. The van der Waals surface area contributed by atoms with Crippen molar-refractivity contribution in [3.05, 3.63) is 44.3 Å². The third-order valence-electron chi connectivity index (χ3n) is 2.03. The van der Waals surface area contributed by atoms with Crippen molar-refractivity contribution in [3.8, 4) is 5.75 Å². The third kappa shape index (κ3) is 1.58.